The molecule has 1 aliphatic rings. The second-order valence-electron chi connectivity index (χ2n) is 13.7. The number of carbonyl (C=O) groups is 3. The molecule has 0 saturated heterocycles. The summed E-state index contributed by atoms with van der Waals surface area (Å²) in [5.74, 6) is -2.27. The van der Waals surface area contributed by atoms with Crippen LogP contribution < -0.4 is 10.6 Å². The van der Waals surface area contributed by atoms with Gasteiger partial charge in [-0.25, -0.2) is 4.98 Å². The minimum absolute atomic E-state index is 0.0981. The van der Waals surface area contributed by atoms with E-state index >= 15 is 0 Å². The number of ether oxygens (including phenoxy) is 1. The average Bonchev–Trinajstić information content (AvgIpc) is 3.60. The molecular weight excluding hydrogens is 604 g/mol. The van der Waals surface area contributed by atoms with Crippen LogP contribution in [0.25, 0.3) is 10.8 Å². The van der Waals surface area contributed by atoms with Crippen LogP contribution in [0.5, 0.6) is 0 Å². The van der Waals surface area contributed by atoms with Crippen molar-refractivity contribution in [3.63, 3.8) is 0 Å². The van der Waals surface area contributed by atoms with Gasteiger partial charge < -0.3 is 25.5 Å². The van der Waals surface area contributed by atoms with Gasteiger partial charge in [0.05, 0.1) is 36.9 Å². The lowest BCUT2D eigenvalue weighted by atomic mass is 9.81. The zero-order valence-electron chi connectivity index (χ0n) is 29.0. The van der Waals surface area contributed by atoms with E-state index in [2.05, 4.69) is 41.0 Å². The topological polar surface area (TPSA) is 133 Å². The van der Waals surface area contributed by atoms with Crippen LogP contribution in [0.1, 0.15) is 89.8 Å². The molecule has 0 spiro atoms. The molecule has 1 aromatic heterocycles. The van der Waals surface area contributed by atoms with Crippen molar-refractivity contribution in [3.05, 3.63) is 78.9 Å². The maximum absolute atomic E-state index is 14.1. The Morgan fingerprint density at radius 3 is 2.44 bits per heavy atom. The number of H-pyrrole nitrogens is 1. The van der Waals surface area contributed by atoms with Crippen LogP contribution in [-0.2, 0) is 25.5 Å². The summed E-state index contributed by atoms with van der Waals surface area (Å²) in [6, 6.07) is 12.0. The lowest BCUT2D eigenvalue weighted by Crippen LogP contribution is -2.55. The first kappa shape index (κ1) is 36.8. The predicted octanol–water partition coefficient (Wildman–Crippen LogP) is 6.24. The van der Waals surface area contributed by atoms with Gasteiger partial charge in [-0.15, -0.1) is 6.58 Å². The van der Waals surface area contributed by atoms with E-state index < -0.39 is 41.9 Å². The van der Waals surface area contributed by atoms with Gasteiger partial charge in [-0.3, -0.25) is 14.4 Å². The molecule has 0 aliphatic heterocycles. The maximum Gasteiger partial charge on any atom is 0.314 e. The second kappa shape index (κ2) is 18.0. The molecule has 48 heavy (non-hydrogen) atoms. The van der Waals surface area contributed by atoms with E-state index in [0.29, 0.717) is 35.9 Å². The number of nitrogens with zero attached hydrogens (tertiary/aromatic N) is 1. The third kappa shape index (κ3) is 9.78. The molecule has 9 heteroatoms. The number of aliphatic hydroxyl groups excluding tert-OH is 1. The molecule has 1 heterocycles. The average molecular weight is 659 g/mol. The monoisotopic (exact) mass is 658 g/mol. The lowest BCUT2D eigenvalue weighted by Gasteiger charge is -2.33. The van der Waals surface area contributed by atoms with Gasteiger partial charge in [0.1, 0.15) is 6.04 Å². The van der Waals surface area contributed by atoms with Gasteiger partial charge in [-0.1, -0.05) is 101 Å². The Hall–Kier alpha value is -3.98. The van der Waals surface area contributed by atoms with Crippen LogP contribution in [0, 0.1) is 23.7 Å². The number of esters is 1. The molecule has 2 aromatic carbocycles. The molecule has 3 aromatic rings. The van der Waals surface area contributed by atoms with Gasteiger partial charge in [-0.2, -0.15) is 0 Å². The zero-order chi connectivity index (χ0) is 34.6. The van der Waals surface area contributed by atoms with Crippen molar-refractivity contribution in [1.29, 1.82) is 0 Å². The number of nitrogens with one attached hydrogen (secondary N) is 3. The number of hydrogen-bond acceptors (Lipinski definition) is 6. The smallest absolute Gasteiger partial charge is 0.314 e. The molecule has 4 rings (SSSR count). The van der Waals surface area contributed by atoms with Crippen molar-refractivity contribution in [3.8, 4) is 0 Å². The fraction of sp³-hybridized carbons (Fsp3) is 0.538. The van der Waals surface area contributed by atoms with Crippen LogP contribution in [-0.4, -0.2) is 57.7 Å². The molecule has 260 valence electrons. The summed E-state index contributed by atoms with van der Waals surface area (Å²) in [6.07, 6.45) is 11.2. The number of benzene rings is 2. The molecule has 0 bridgehead atoms. The van der Waals surface area contributed by atoms with Gasteiger partial charge in [0, 0.05) is 18.3 Å². The van der Waals surface area contributed by atoms with Crippen molar-refractivity contribution in [1.82, 2.24) is 20.6 Å². The minimum Gasteiger partial charge on any atom is -0.466 e. The zero-order valence-corrected chi connectivity index (χ0v) is 29.0. The Bertz CT molecular complexity index is 1480. The Morgan fingerprint density at radius 1 is 1.04 bits per heavy atom. The van der Waals surface area contributed by atoms with E-state index in [1.165, 1.54) is 12.7 Å². The summed E-state index contributed by atoms with van der Waals surface area (Å²) in [6.45, 7) is 11.8. The largest absolute Gasteiger partial charge is 0.466 e. The number of aromatic nitrogens is 2. The Morgan fingerprint density at radius 2 is 1.77 bits per heavy atom. The number of imidazole rings is 1. The molecular formula is C39H54N4O5. The first-order valence-corrected chi connectivity index (χ1v) is 17.7. The number of aliphatic hydroxyl groups is 1. The minimum atomic E-state index is -0.975. The molecule has 4 N–H and O–H groups in total. The second-order valence-corrected chi connectivity index (χ2v) is 13.7. The van der Waals surface area contributed by atoms with Crippen molar-refractivity contribution < 1.29 is 24.2 Å². The number of hydrogen-bond donors (Lipinski definition) is 4. The number of fused-ring (bicyclic) bond motifs is 1. The van der Waals surface area contributed by atoms with E-state index in [1.54, 1.807) is 20.0 Å². The number of rotatable bonds is 17. The van der Waals surface area contributed by atoms with Gasteiger partial charge in [0.25, 0.3) is 0 Å². The van der Waals surface area contributed by atoms with Crippen LogP contribution in [0.2, 0.25) is 0 Å². The Balaban J connectivity index is 1.60. The Kier molecular flexibility index (Phi) is 13.8. The van der Waals surface area contributed by atoms with Crippen LogP contribution in [0.15, 0.2) is 67.6 Å². The van der Waals surface area contributed by atoms with Gasteiger partial charge in [0.2, 0.25) is 11.8 Å². The molecule has 6 atom stereocenters. The third-order valence-electron chi connectivity index (χ3n) is 10.0. The van der Waals surface area contributed by atoms with E-state index in [4.69, 9.17) is 4.74 Å². The highest BCUT2D eigenvalue weighted by atomic mass is 16.5. The number of allylic oxidation sites excluding steroid dienone is 1. The Labute approximate surface area is 285 Å². The van der Waals surface area contributed by atoms with E-state index in [0.717, 1.165) is 36.5 Å². The molecule has 9 nitrogen and oxygen atoms in total. The quantitative estimate of drug-likeness (QED) is 0.100. The lowest BCUT2D eigenvalue weighted by molar-refractivity contribution is -0.148. The fourth-order valence-corrected chi connectivity index (χ4v) is 7.10. The molecule has 1 saturated carbocycles. The van der Waals surface area contributed by atoms with Crippen molar-refractivity contribution in [2.45, 2.75) is 103 Å². The van der Waals surface area contributed by atoms with Crippen molar-refractivity contribution in [2.75, 3.05) is 6.61 Å². The first-order valence-electron chi connectivity index (χ1n) is 17.7. The number of carbonyl (C=O) groups excluding carboxylic acids is 3. The number of amides is 2. The van der Waals surface area contributed by atoms with Crippen molar-refractivity contribution >= 4 is 28.6 Å². The molecule has 1 fully saturated rings. The molecule has 2 amide bonds. The first-order chi connectivity index (χ1) is 23.1. The van der Waals surface area contributed by atoms with Crippen molar-refractivity contribution in [2.24, 2.45) is 23.7 Å². The van der Waals surface area contributed by atoms with Gasteiger partial charge in [0.15, 0.2) is 0 Å². The third-order valence-corrected chi connectivity index (χ3v) is 10.0. The predicted molar refractivity (Wildman–Crippen MR) is 189 cm³/mol. The highest BCUT2D eigenvalue weighted by molar-refractivity contribution is 5.96. The summed E-state index contributed by atoms with van der Waals surface area (Å²) in [7, 11) is 0. The summed E-state index contributed by atoms with van der Waals surface area (Å²) in [4.78, 5) is 48.8. The van der Waals surface area contributed by atoms with Gasteiger partial charge in [-0.05, 0) is 53.9 Å². The normalized spacial score (nSPS) is 17.5. The summed E-state index contributed by atoms with van der Waals surface area (Å²) in [5, 5.41) is 19.5. The fourth-order valence-electron chi connectivity index (χ4n) is 7.10. The van der Waals surface area contributed by atoms with Crippen LogP contribution in [0.3, 0.4) is 0 Å². The van der Waals surface area contributed by atoms with E-state index in [-0.39, 0.29) is 24.9 Å². The van der Waals surface area contributed by atoms with E-state index in [9.17, 15) is 19.5 Å². The maximum atomic E-state index is 14.1. The summed E-state index contributed by atoms with van der Waals surface area (Å²) < 4.78 is 5.48. The van der Waals surface area contributed by atoms with Crippen LogP contribution in [0.4, 0.5) is 0 Å². The molecule has 1 aliphatic carbocycles. The molecule has 2 unspecified atom stereocenters. The highest BCUT2D eigenvalue weighted by Gasteiger charge is 2.37. The standard InChI is InChI=1S/C39H54N4O5/c1-6-28(25(3)4)21-35(44)33(20-27-14-9-8-10-15-27)42-38(46)34(22-30-23-40-24-41-30)43-37(45)26(5)36(39(47)48-7-2)32-19-13-17-29-16-11-12-18-31(29)32/h6,11-13,16-19,23-28,33-36,44H,1,7-10,14-15,20-22H2,2-5H3,(H,40,41)(H,42,46)(H,43,45)/t26?,28-,33-,34-,35-,36?/m0/s1. The summed E-state index contributed by atoms with van der Waals surface area (Å²) >= 11 is 0. The number of aromatic amines is 1. The molecule has 0 radical (unpaired) electrons. The van der Waals surface area contributed by atoms with Crippen LogP contribution >= 0.6 is 0 Å². The van der Waals surface area contributed by atoms with Gasteiger partial charge >= 0.3 is 5.97 Å². The summed E-state index contributed by atoms with van der Waals surface area (Å²) in [5.41, 5.74) is 1.37. The van der Waals surface area contributed by atoms with E-state index in [1.807, 2.05) is 48.5 Å². The SMILES string of the molecule is C=C[C@@H](C[C@H](O)[C@H](CC1CCCCC1)NC(=O)[C@H](Cc1cnc[nH]1)NC(=O)C(C)C(C(=O)OCC)c1cccc2ccccc12)C(C)C. The highest BCUT2D eigenvalue weighted by Crippen LogP contribution is 2.33.